The van der Waals surface area contributed by atoms with Crippen molar-refractivity contribution in [3.05, 3.63) is 66.6 Å². The number of benzene rings is 2. The summed E-state index contributed by atoms with van der Waals surface area (Å²) >= 11 is 1.41. The van der Waals surface area contributed by atoms with Crippen molar-refractivity contribution >= 4 is 35.0 Å². The number of furan rings is 1. The molecule has 0 saturated heterocycles. The second kappa shape index (κ2) is 9.89. The van der Waals surface area contributed by atoms with Crippen LogP contribution in [-0.2, 0) is 4.79 Å². The Morgan fingerprint density at radius 3 is 2.40 bits per heavy atom. The molecule has 0 radical (unpaired) electrons. The van der Waals surface area contributed by atoms with Crippen LogP contribution in [0.2, 0.25) is 0 Å². The van der Waals surface area contributed by atoms with Crippen molar-refractivity contribution < 1.29 is 23.5 Å². The van der Waals surface area contributed by atoms with Crippen LogP contribution in [0.4, 0.5) is 11.4 Å². The van der Waals surface area contributed by atoms with E-state index < -0.39 is 0 Å². The van der Waals surface area contributed by atoms with Gasteiger partial charge in [-0.3, -0.25) is 9.59 Å². The average Bonchev–Trinajstić information content (AvgIpc) is 3.30. The standard InChI is InChI=1S/C22H22N2O5S/c1-14(21(25)24-18-11-8-16(27-2)13-20(18)28-3)30-17-9-6-15(7-10-17)23-22(26)19-5-4-12-29-19/h4-14H,1-3H3,(H,23,26)(H,24,25). The van der Waals surface area contributed by atoms with Gasteiger partial charge >= 0.3 is 0 Å². The fourth-order valence-electron chi connectivity index (χ4n) is 2.61. The maximum atomic E-state index is 12.6. The maximum Gasteiger partial charge on any atom is 0.291 e. The van der Waals surface area contributed by atoms with Crippen LogP contribution < -0.4 is 20.1 Å². The Balaban J connectivity index is 1.58. The molecule has 2 aromatic carbocycles. The van der Waals surface area contributed by atoms with Gasteiger partial charge in [-0.15, -0.1) is 11.8 Å². The summed E-state index contributed by atoms with van der Waals surface area (Å²) in [5, 5.41) is 5.29. The lowest BCUT2D eigenvalue weighted by molar-refractivity contribution is -0.115. The Hall–Kier alpha value is -3.39. The fourth-order valence-corrected chi connectivity index (χ4v) is 3.48. The van der Waals surface area contributed by atoms with E-state index in [1.54, 1.807) is 49.6 Å². The van der Waals surface area contributed by atoms with Crippen LogP contribution in [0.25, 0.3) is 0 Å². The lowest BCUT2D eigenvalue weighted by Gasteiger charge is -2.15. The molecule has 1 atom stereocenters. The minimum atomic E-state index is -0.347. The molecular formula is C22H22N2O5S. The molecule has 0 saturated carbocycles. The summed E-state index contributed by atoms with van der Waals surface area (Å²) in [6.07, 6.45) is 1.45. The number of ether oxygens (including phenoxy) is 2. The summed E-state index contributed by atoms with van der Waals surface area (Å²) in [5.74, 6) is 0.941. The van der Waals surface area contributed by atoms with Crippen molar-refractivity contribution in [2.45, 2.75) is 17.1 Å². The molecule has 0 bridgehead atoms. The fraction of sp³-hybridized carbons (Fsp3) is 0.182. The summed E-state index contributed by atoms with van der Waals surface area (Å²) in [5.41, 5.74) is 1.22. The third kappa shape index (κ3) is 5.36. The molecule has 0 aliphatic rings. The maximum absolute atomic E-state index is 12.6. The highest BCUT2D eigenvalue weighted by molar-refractivity contribution is 8.00. The normalized spacial score (nSPS) is 11.4. The average molecular weight is 426 g/mol. The Bertz CT molecular complexity index is 1000. The second-order valence-electron chi connectivity index (χ2n) is 6.27. The number of rotatable bonds is 8. The first kappa shape index (κ1) is 21.3. The molecule has 1 aromatic heterocycles. The highest BCUT2D eigenvalue weighted by atomic mass is 32.2. The van der Waals surface area contributed by atoms with E-state index in [1.165, 1.54) is 25.1 Å². The number of carbonyl (C=O) groups is 2. The highest BCUT2D eigenvalue weighted by Crippen LogP contribution is 2.31. The molecule has 0 fully saturated rings. The van der Waals surface area contributed by atoms with Crippen LogP contribution >= 0.6 is 11.8 Å². The zero-order valence-electron chi connectivity index (χ0n) is 16.8. The van der Waals surface area contributed by atoms with E-state index in [1.807, 2.05) is 19.1 Å². The monoisotopic (exact) mass is 426 g/mol. The van der Waals surface area contributed by atoms with E-state index in [9.17, 15) is 9.59 Å². The number of amides is 2. The Labute approximate surface area is 178 Å². The summed E-state index contributed by atoms with van der Waals surface area (Å²) < 4.78 is 15.6. The number of thioether (sulfide) groups is 1. The predicted octanol–water partition coefficient (Wildman–Crippen LogP) is 4.67. The SMILES string of the molecule is COc1ccc(NC(=O)C(C)Sc2ccc(NC(=O)c3ccco3)cc2)c(OC)c1. The van der Waals surface area contributed by atoms with Crippen LogP contribution in [0.15, 0.2) is 70.2 Å². The van der Waals surface area contributed by atoms with Crippen molar-refractivity contribution in [1.29, 1.82) is 0 Å². The first-order valence-corrected chi connectivity index (χ1v) is 10.0. The Kier molecular flexibility index (Phi) is 7.03. The molecule has 0 spiro atoms. The van der Waals surface area contributed by atoms with Gasteiger partial charge in [-0.1, -0.05) is 0 Å². The molecule has 0 aliphatic carbocycles. The molecule has 1 heterocycles. The number of hydrogen-bond donors (Lipinski definition) is 2. The second-order valence-corrected chi connectivity index (χ2v) is 7.69. The lowest BCUT2D eigenvalue weighted by Crippen LogP contribution is -2.22. The molecule has 2 amide bonds. The van der Waals surface area contributed by atoms with Crippen LogP contribution in [0, 0.1) is 0 Å². The first-order chi connectivity index (χ1) is 14.5. The molecule has 0 aliphatic heterocycles. The molecule has 30 heavy (non-hydrogen) atoms. The summed E-state index contributed by atoms with van der Waals surface area (Å²) in [6, 6.07) is 15.7. The molecular weight excluding hydrogens is 404 g/mol. The van der Waals surface area contributed by atoms with Crippen molar-refractivity contribution in [2.24, 2.45) is 0 Å². The minimum absolute atomic E-state index is 0.154. The van der Waals surface area contributed by atoms with Gasteiger partial charge in [0.15, 0.2) is 5.76 Å². The molecule has 3 rings (SSSR count). The third-order valence-electron chi connectivity index (χ3n) is 4.21. The molecule has 1 unspecified atom stereocenters. The van der Waals surface area contributed by atoms with Gasteiger partial charge in [0.25, 0.3) is 5.91 Å². The quantitative estimate of drug-likeness (QED) is 0.509. The molecule has 3 aromatic rings. The van der Waals surface area contributed by atoms with Gasteiger partial charge in [0.05, 0.1) is 31.4 Å². The molecule has 156 valence electrons. The van der Waals surface area contributed by atoms with Gasteiger partial charge in [0.2, 0.25) is 5.91 Å². The van der Waals surface area contributed by atoms with Crippen molar-refractivity contribution in [3.63, 3.8) is 0 Å². The van der Waals surface area contributed by atoms with E-state index in [0.717, 1.165) is 4.90 Å². The number of anilines is 2. The van der Waals surface area contributed by atoms with Gasteiger partial charge < -0.3 is 24.5 Å². The van der Waals surface area contributed by atoms with Gasteiger partial charge in [-0.25, -0.2) is 0 Å². The number of carbonyl (C=O) groups excluding carboxylic acids is 2. The van der Waals surface area contributed by atoms with E-state index >= 15 is 0 Å². The first-order valence-electron chi connectivity index (χ1n) is 9.14. The number of methoxy groups -OCH3 is 2. The summed E-state index contributed by atoms with van der Waals surface area (Å²) in [7, 11) is 3.11. The van der Waals surface area contributed by atoms with Gasteiger partial charge in [0.1, 0.15) is 11.5 Å². The summed E-state index contributed by atoms with van der Waals surface area (Å²) in [4.78, 5) is 25.5. The van der Waals surface area contributed by atoms with Crippen LogP contribution in [0.3, 0.4) is 0 Å². The van der Waals surface area contributed by atoms with Gasteiger partial charge in [-0.05, 0) is 55.5 Å². The highest BCUT2D eigenvalue weighted by Gasteiger charge is 2.17. The lowest BCUT2D eigenvalue weighted by atomic mass is 10.2. The van der Waals surface area contributed by atoms with Crippen molar-refractivity contribution in [1.82, 2.24) is 0 Å². The van der Waals surface area contributed by atoms with Gasteiger partial charge in [-0.2, -0.15) is 0 Å². The molecule has 2 N–H and O–H groups in total. The van der Waals surface area contributed by atoms with Crippen LogP contribution in [0.1, 0.15) is 17.5 Å². The predicted molar refractivity (Wildman–Crippen MR) is 117 cm³/mol. The molecule has 8 heteroatoms. The molecule has 7 nitrogen and oxygen atoms in total. The number of nitrogens with one attached hydrogen (secondary N) is 2. The van der Waals surface area contributed by atoms with Crippen LogP contribution in [0.5, 0.6) is 11.5 Å². The Morgan fingerprint density at radius 2 is 1.77 bits per heavy atom. The topological polar surface area (TPSA) is 89.8 Å². The van der Waals surface area contributed by atoms with Crippen molar-refractivity contribution in [2.75, 3.05) is 24.9 Å². The Morgan fingerprint density at radius 1 is 1.00 bits per heavy atom. The van der Waals surface area contributed by atoms with E-state index in [4.69, 9.17) is 13.9 Å². The van der Waals surface area contributed by atoms with E-state index in [2.05, 4.69) is 10.6 Å². The zero-order chi connectivity index (χ0) is 21.5. The van der Waals surface area contributed by atoms with E-state index in [-0.39, 0.29) is 22.8 Å². The van der Waals surface area contributed by atoms with Crippen molar-refractivity contribution in [3.8, 4) is 11.5 Å². The zero-order valence-corrected chi connectivity index (χ0v) is 17.6. The van der Waals surface area contributed by atoms with Gasteiger partial charge in [0, 0.05) is 16.6 Å². The number of hydrogen-bond acceptors (Lipinski definition) is 6. The van der Waals surface area contributed by atoms with Crippen LogP contribution in [-0.4, -0.2) is 31.3 Å². The summed E-state index contributed by atoms with van der Waals surface area (Å²) in [6.45, 7) is 1.82. The largest absolute Gasteiger partial charge is 0.497 e. The third-order valence-corrected chi connectivity index (χ3v) is 5.32. The van der Waals surface area contributed by atoms with E-state index in [0.29, 0.717) is 22.9 Å². The smallest absolute Gasteiger partial charge is 0.291 e. The minimum Gasteiger partial charge on any atom is -0.497 e.